The minimum absolute atomic E-state index is 0.0688. The van der Waals surface area contributed by atoms with Gasteiger partial charge in [-0.25, -0.2) is 4.98 Å². The SMILES string of the molecule is CCC(N)c1nc2c(Br)cccc2s1. The summed E-state index contributed by atoms with van der Waals surface area (Å²) in [4.78, 5) is 4.53. The molecule has 1 aromatic carbocycles. The molecule has 2 nitrogen and oxygen atoms in total. The van der Waals surface area contributed by atoms with Gasteiger partial charge in [0.1, 0.15) is 5.01 Å². The van der Waals surface area contributed by atoms with Gasteiger partial charge < -0.3 is 5.73 Å². The summed E-state index contributed by atoms with van der Waals surface area (Å²) in [5.74, 6) is 0. The maximum Gasteiger partial charge on any atom is 0.111 e. The number of nitrogens with zero attached hydrogens (tertiary/aromatic N) is 1. The summed E-state index contributed by atoms with van der Waals surface area (Å²) in [5.41, 5.74) is 6.97. The Balaban J connectivity index is 2.56. The van der Waals surface area contributed by atoms with Crippen molar-refractivity contribution in [1.82, 2.24) is 4.98 Å². The van der Waals surface area contributed by atoms with Crippen molar-refractivity contribution in [1.29, 1.82) is 0 Å². The number of benzene rings is 1. The number of hydrogen-bond donors (Lipinski definition) is 1. The van der Waals surface area contributed by atoms with E-state index in [1.807, 2.05) is 12.1 Å². The molecule has 0 aliphatic carbocycles. The van der Waals surface area contributed by atoms with Crippen molar-refractivity contribution < 1.29 is 0 Å². The van der Waals surface area contributed by atoms with E-state index in [2.05, 4.69) is 33.9 Å². The van der Waals surface area contributed by atoms with Gasteiger partial charge in [0, 0.05) is 4.47 Å². The van der Waals surface area contributed by atoms with Crippen LogP contribution in [0, 0.1) is 0 Å². The van der Waals surface area contributed by atoms with Crippen molar-refractivity contribution in [2.75, 3.05) is 0 Å². The van der Waals surface area contributed by atoms with Gasteiger partial charge >= 0.3 is 0 Å². The van der Waals surface area contributed by atoms with E-state index in [1.54, 1.807) is 11.3 Å². The molecule has 74 valence electrons. The van der Waals surface area contributed by atoms with Crippen LogP contribution in [0.4, 0.5) is 0 Å². The van der Waals surface area contributed by atoms with Crippen molar-refractivity contribution in [2.45, 2.75) is 19.4 Å². The smallest absolute Gasteiger partial charge is 0.111 e. The first-order valence-electron chi connectivity index (χ1n) is 4.53. The second-order valence-corrected chi connectivity index (χ2v) is 5.07. The van der Waals surface area contributed by atoms with E-state index in [0.29, 0.717) is 0 Å². The normalized spacial score (nSPS) is 13.4. The zero-order valence-corrected chi connectivity index (χ0v) is 10.2. The summed E-state index contributed by atoms with van der Waals surface area (Å²) in [6.07, 6.45) is 0.928. The van der Waals surface area contributed by atoms with Gasteiger partial charge in [-0.15, -0.1) is 11.3 Å². The molecule has 0 radical (unpaired) electrons. The third kappa shape index (κ3) is 1.69. The fourth-order valence-corrected chi connectivity index (χ4v) is 2.93. The molecular formula is C10H11BrN2S. The molecular weight excluding hydrogens is 260 g/mol. The van der Waals surface area contributed by atoms with E-state index in [9.17, 15) is 0 Å². The summed E-state index contributed by atoms with van der Waals surface area (Å²) in [6, 6.07) is 6.16. The fourth-order valence-electron chi connectivity index (χ4n) is 1.27. The van der Waals surface area contributed by atoms with Gasteiger partial charge in [0.2, 0.25) is 0 Å². The summed E-state index contributed by atoms with van der Waals surface area (Å²) >= 11 is 5.16. The zero-order chi connectivity index (χ0) is 10.1. The van der Waals surface area contributed by atoms with Crippen molar-refractivity contribution in [2.24, 2.45) is 5.73 Å². The van der Waals surface area contributed by atoms with Crippen LogP contribution in [0.3, 0.4) is 0 Å². The molecule has 0 saturated heterocycles. The average Bonchev–Trinajstić information content (AvgIpc) is 2.62. The number of rotatable bonds is 2. The highest BCUT2D eigenvalue weighted by molar-refractivity contribution is 9.10. The minimum Gasteiger partial charge on any atom is -0.322 e. The van der Waals surface area contributed by atoms with E-state index >= 15 is 0 Å². The Hall–Kier alpha value is -0.450. The second kappa shape index (κ2) is 3.96. The van der Waals surface area contributed by atoms with Gasteiger partial charge in [-0.1, -0.05) is 13.0 Å². The van der Waals surface area contributed by atoms with Gasteiger partial charge in [0.05, 0.1) is 16.3 Å². The molecule has 0 bridgehead atoms. The second-order valence-electron chi connectivity index (χ2n) is 3.15. The van der Waals surface area contributed by atoms with Crippen LogP contribution in [0.25, 0.3) is 10.2 Å². The van der Waals surface area contributed by atoms with Crippen LogP contribution in [0.2, 0.25) is 0 Å². The van der Waals surface area contributed by atoms with Gasteiger partial charge in [0.25, 0.3) is 0 Å². The Morgan fingerprint density at radius 2 is 2.36 bits per heavy atom. The summed E-state index contributed by atoms with van der Waals surface area (Å²) in [7, 11) is 0. The topological polar surface area (TPSA) is 38.9 Å². The average molecular weight is 271 g/mol. The first-order valence-corrected chi connectivity index (χ1v) is 6.14. The predicted molar refractivity (Wildman–Crippen MR) is 64.5 cm³/mol. The molecule has 1 atom stereocenters. The standard InChI is InChI=1S/C10H11BrN2S/c1-2-7(12)10-13-9-6(11)4-3-5-8(9)14-10/h3-5,7H,2,12H2,1H3. The van der Waals surface area contributed by atoms with Crippen molar-refractivity contribution in [3.63, 3.8) is 0 Å². The number of aromatic nitrogens is 1. The maximum absolute atomic E-state index is 5.94. The Labute approximate surface area is 95.3 Å². The largest absolute Gasteiger partial charge is 0.322 e. The van der Waals surface area contributed by atoms with Crippen LogP contribution in [-0.4, -0.2) is 4.98 Å². The van der Waals surface area contributed by atoms with E-state index in [-0.39, 0.29) is 6.04 Å². The van der Waals surface area contributed by atoms with Crippen LogP contribution < -0.4 is 5.73 Å². The van der Waals surface area contributed by atoms with Crippen LogP contribution in [0.15, 0.2) is 22.7 Å². The Kier molecular flexibility index (Phi) is 2.85. The highest BCUT2D eigenvalue weighted by atomic mass is 79.9. The Morgan fingerprint density at radius 3 is 3.00 bits per heavy atom. The molecule has 0 amide bonds. The van der Waals surface area contributed by atoms with Crippen LogP contribution in [0.1, 0.15) is 24.4 Å². The number of para-hydroxylation sites is 1. The lowest BCUT2D eigenvalue weighted by Crippen LogP contribution is -2.07. The molecule has 2 aromatic rings. The molecule has 0 aliphatic rings. The fraction of sp³-hybridized carbons (Fsp3) is 0.300. The molecule has 0 spiro atoms. The molecule has 0 fully saturated rings. The molecule has 1 heterocycles. The van der Waals surface area contributed by atoms with E-state index in [1.165, 1.54) is 4.70 Å². The number of thiazole rings is 1. The van der Waals surface area contributed by atoms with Crippen molar-refractivity contribution in [3.05, 3.63) is 27.7 Å². The molecule has 4 heteroatoms. The van der Waals surface area contributed by atoms with Crippen LogP contribution in [-0.2, 0) is 0 Å². The lowest BCUT2D eigenvalue weighted by atomic mass is 10.2. The third-order valence-corrected chi connectivity index (χ3v) is 3.94. The van der Waals surface area contributed by atoms with Crippen LogP contribution >= 0.6 is 27.3 Å². The summed E-state index contributed by atoms with van der Waals surface area (Å²) in [5, 5.41) is 1.02. The van der Waals surface area contributed by atoms with Crippen molar-refractivity contribution >= 4 is 37.5 Å². The molecule has 1 unspecified atom stereocenters. The van der Waals surface area contributed by atoms with Gasteiger partial charge in [-0.05, 0) is 34.5 Å². The summed E-state index contributed by atoms with van der Waals surface area (Å²) < 4.78 is 2.24. The zero-order valence-electron chi connectivity index (χ0n) is 7.83. The molecule has 0 saturated carbocycles. The third-order valence-electron chi connectivity index (χ3n) is 2.14. The number of fused-ring (bicyclic) bond motifs is 1. The predicted octanol–water partition coefficient (Wildman–Crippen LogP) is 3.47. The van der Waals surface area contributed by atoms with E-state index in [0.717, 1.165) is 21.4 Å². The number of nitrogens with two attached hydrogens (primary N) is 1. The lowest BCUT2D eigenvalue weighted by Gasteiger charge is -2.01. The first-order chi connectivity index (χ1) is 6.72. The molecule has 2 rings (SSSR count). The van der Waals surface area contributed by atoms with E-state index in [4.69, 9.17) is 5.73 Å². The molecule has 2 N–H and O–H groups in total. The maximum atomic E-state index is 5.94. The first kappa shape index (κ1) is 10.1. The van der Waals surface area contributed by atoms with Crippen LogP contribution in [0.5, 0.6) is 0 Å². The molecule has 1 aromatic heterocycles. The van der Waals surface area contributed by atoms with Gasteiger partial charge in [-0.2, -0.15) is 0 Å². The molecule has 0 aliphatic heterocycles. The quantitative estimate of drug-likeness (QED) is 0.908. The lowest BCUT2D eigenvalue weighted by molar-refractivity contribution is 0.694. The highest BCUT2D eigenvalue weighted by Crippen LogP contribution is 2.30. The summed E-state index contributed by atoms with van der Waals surface area (Å²) in [6.45, 7) is 2.08. The number of hydrogen-bond acceptors (Lipinski definition) is 3. The Bertz CT molecular complexity index is 452. The minimum atomic E-state index is 0.0688. The highest BCUT2D eigenvalue weighted by Gasteiger charge is 2.11. The van der Waals surface area contributed by atoms with Gasteiger partial charge in [-0.3, -0.25) is 0 Å². The van der Waals surface area contributed by atoms with E-state index < -0.39 is 0 Å². The Morgan fingerprint density at radius 1 is 1.57 bits per heavy atom. The monoisotopic (exact) mass is 270 g/mol. The molecule has 14 heavy (non-hydrogen) atoms. The number of halogens is 1. The van der Waals surface area contributed by atoms with Gasteiger partial charge in [0.15, 0.2) is 0 Å². The van der Waals surface area contributed by atoms with Crippen molar-refractivity contribution in [3.8, 4) is 0 Å².